The summed E-state index contributed by atoms with van der Waals surface area (Å²) in [7, 11) is 1.85. The second-order valence-electron chi connectivity index (χ2n) is 5.58. The molecular weight excluding hydrogens is 250 g/mol. The Labute approximate surface area is 120 Å². The van der Waals surface area contributed by atoms with Gasteiger partial charge in [-0.25, -0.2) is 0 Å². The summed E-state index contributed by atoms with van der Waals surface area (Å²) in [5, 5.41) is 12.1. The fourth-order valence-corrected chi connectivity index (χ4v) is 2.70. The molecule has 2 unspecified atom stereocenters. The molecule has 1 amide bonds. The maximum atomic E-state index is 12.4. The Balaban J connectivity index is 1.94. The van der Waals surface area contributed by atoms with E-state index in [1.807, 2.05) is 19.2 Å². The van der Waals surface area contributed by atoms with Gasteiger partial charge in [0.05, 0.1) is 11.6 Å². The molecule has 1 N–H and O–H groups in total. The van der Waals surface area contributed by atoms with Crippen molar-refractivity contribution in [2.45, 2.75) is 32.4 Å². The summed E-state index contributed by atoms with van der Waals surface area (Å²) in [6.45, 7) is 3.64. The van der Waals surface area contributed by atoms with Crippen LogP contribution in [0.2, 0.25) is 0 Å². The molecule has 1 aromatic carbocycles. The summed E-state index contributed by atoms with van der Waals surface area (Å²) in [5.74, 6) is 0.359. The Kier molecular flexibility index (Phi) is 4.75. The summed E-state index contributed by atoms with van der Waals surface area (Å²) in [6.07, 6.45) is 1.83. The molecule has 4 nitrogen and oxygen atoms in total. The van der Waals surface area contributed by atoms with Gasteiger partial charge in [0.15, 0.2) is 0 Å². The standard InChI is InChI=1S/C16H21N3O/c1-12-9-15(7-8-18-12)16(20)19(2)11-14-5-3-13(10-17)4-6-14/h3-6,12,15,18H,7-9,11H2,1-2H3. The third-order valence-electron chi connectivity index (χ3n) is 3.85. The highest BCUT2D eigenvalue weighted by Crippen LogP contribution is 2.19. The van der Waals surface area contributed by atoms with E-state index in [0.29, 0.717) is 18.2 Å². The molecule has 0 saturated carbocycles. The smallest absolute Gasteiger partial charge is 0.225 e. The number of piperidine rings is 1. The monoisotopic (exact) mass is 271 g/mol. The minimum atomic E-state index is 0.134. The van der Waals surface area contributed by atoms with Gasteiger partial charge in [-0.3, -0.25) is 4.79 Å². The highest BCUT2D eigenvalue weighted by atomic mass is 16.2. The third-order valence-corrected chi connectivity index (χ3v) is 3.85. The Morgan fingerprint density at radius 2 is 2.15 bits per heavy atom. The molecule has 0 bridgehead atoms. The topological polar surface area (TPSA) is 56.1 Å². The minimum absolute atomic E-state index is 0.134. The fourth-order valence-electron chi connectivity index (χ4n) is 2.70. The molecular formula is C16H21N3O. The zero-order valence-electron chi connectivity index (χ0n) is 12.1. The number of nitriles is 1. The number of hydrogen-bond donors (Lipinski definition) is 1. The van der Waals surface area contributed by atoms with Crippen molar-refractivity contribution in [3.8, 4) is 6.07 Å². The zero-order valence-corrected chi connectivity index (χ0v) is 12.1. The molecule has 0 aromatic heterocycles. The first-order chi connectivity index (χ1) is 9.60. The van der Waals surface area contributed by atoms with E-state index in [1.54, 1.807) is 17.0 Å². The molecule has 4 heteroatoms. The highest BCUT2D eigenvalue weighted by Gasteiger charge is 2.26. The van der Waals surface area contributed by atoms with Crippen LogP contribution in [0.5, 0.6) is 0 Å². The van der Waals surface area contributed by atoms with E-state index in [0.717, 1.165) is 24.9 Å². The zero-order chi connectivity index (χ0) is 14.5. The lowest BCUT2D eigenvalue weighted by atomic mass is 9.92. The molecule has 1 aromatic rings. The van der Waals surface area contributed by atoms with Gasteiger partial charge < -0.3 is 10.2 Å². The lowest BCUT2D eigenvalue weighted by Crippen LogP contribution is -2.42. The first-order valence-corrected chi connectivity index (χ1v) is 7.07. The first-order valence-electron chi connectivity index (χ1n) is 7.07. The van der Waals surface area contributed by atoms with Crippen LogP contribution >= 0.6 is 0 Å². The Hall–Kier alpha value is -1.86. The van der Waals surface area contributed by atoms with E-state index < -0.39 is 0 Å². The molecule has 1 saturated heterocycles. The van der Waals surface area contributed by atoms with Gasteiger partial charge in [-0.1, -0.05) is 12.1 Å². The summed E-state index contributed by atoms with van der Waals surface area (Å²) in [6, 6.07) is 9.92. The molecule has 106 valence electrons. The summed E-state index contributed by atoms with van der Waals surface area (Å²) in [5.41, 5.74) is 1.71. The van der Waals surface area contributed by atoms with E-state index in [2.05, 4.69) is 18.3 Å². The molecule has 1 aliphatic rings. The van der Waals surface area contributed by atoms with Gasteiger partial charge in [-0.2, -0.15) is 5.26 Å². The van der Waals surface area contributed by atoms with Crippen LogP contribution in [0.3, 0.4) is 0 Å². The molecule has 0 radical (unpaired) electrons. The Bertz CT molecular complexity index is 503. The van der Waals surface area contributed by atoms with Gasteiger partial charge in [-0.15, -0.1) is 0 Å². The quantitative estimate of drug-likeness (QED) is 0.913. The van der Waals surface area contributed by atoms with Crippen molar-refractivity contribution in [3.63, 3.8) is 0 Å². The van der Waals surface area contributed by atoms with Crippen LogP contribution in [0.4, 0.5) is 0 Å². The fraction of sp³-hybridized carbons (Fsp3) is 0.500. The lowest BCUT2D eigenvalue weighted by molar-refractivity contribution is -0.135. The van der Waals surface area contributed by atoms with Gasteiger partial charge in [0.2, 0.25) is 5.91 Å². The summed E-state index contributed by atoms with van der Waals surface area (Å²) < 4.78 is 0. The molecule has 1 aliphatic heterocycles. The van der Waals surface area contributed by atoms with Crippen LogP contribution in [0.1, 0.15) is 30.9 Å². The number of nitrogens with one attached hydrogen (secondary N) is 1. The number of carbonyl (C=O) groups excluding carboxylic acids is 1. The van der Waals surface area contributed by atoms with Gasteiger partial charge in [-0.05, 0) is 44.0 Å². The van der Waals surface area contributed by atoms with Crippen molar-refractivity contribution in [3.05, 3.63) is 35.4 Å². The normalized spacial score (nSPS) is 22.1. The maximum Gasteiger partial charge on any atom is 0.225 e. The van der Waals surface area contributed by atoms with Crippen molar-refractivity contribution >= 4 is 5.91 Å². The van der Waals surface area contributed by atoms with Crippen LogP contribution in [-0.4, -0.2) is 30.4 Å². The molecule has 20 heavy (non-hydrogen) atoms. The first kappa shape index (κ1) is 14.5. The van der Waals surface area contributed by atoms with Gasteiger partial charge in [0.25, 0.3) is 0 Å². The molecule has 0 aliphatic carbocycles. The average molecular weight is 271 g/mol. The van der Waals surface area contributed by atoms with E-state index in [-0.39, 0.29) is 11.8 Å². The van der Waals surface area contributed by atoms with E-state index >= 15 is 0 Å². The number of carbonyl (C=O) groups is 1. The second-order valence-corrected chi connectivity index (χ2v) is 5.58. The van der Waals surface area contributed by atoms with Crippen LogP contribution in [0.25, 0.3) is 0 Å². The van der Waals surface area contributed by atoms with Crippen LogP contribution in [-0.2, 0) is 11.3 Å². The van der Waals surface area contributed by atoms with Gasteiger partial charge in [0.1, 0.15) is 0 Å². The van der Waals surface area contributed by atoms with Crippen LogP contribution in [0, 0.1) is 17.2 Å². The van der Waals surface area contributed by atoms with E-state index in [1.165, 1.54) is 0 Å². The summed E-state index contributed by atoms with van der Waals surface area (Å²) >= 11 is 0. The number of nitrogens with zero attached hydrogens (tertiary/aromatic N) is 2. The summed E-state index contributed by atoms with van der Waals surface area (Å²) in [4.78, 5) is 14.2. The van der Waals surface area contributed by atoms with E-state index in [4.69, 9.17) is 5.26 Å². The van der Waals surface area contributed by atoms with Gasteiger partial charge in [0, 0.05) is 25.6 Å². The van der Waals surface area contributed by atoms with Crippen molar-refractivity contribution in [2.75, 3.05) is 13.6 Å². The Morgan fingerprint density at radius 1 is 1.45 bits per heavy atom. The second kappa shape index (κ2) is 6.53. The number of hydrogen-bond acceptors (Lipinski definition) is 3. The average Bonchev–Trinajstić information content (AvgIpc) is 2.47. The van der Waals surface area contributed by atoms with Crippen molar-refractivity contribution in [1.82, 2.24) is 10.2 Å². The van der Waals surface area contributed by atoms with Crippen LogP contribution in [0.15, 0.2) is 24.3 Å². The SMILES string of the molecule is CC1CC(C(=O)N(C)Cc2ccc(C#N)cc2)CCN1. The molecule has 2 rings (SSSR count). The van der Waals surface area contributed by atoms with Crippen molar-refractivity contribution in [1.29, 1.82) is 5.26 Å². The van der Waals surface area contributed by atoms with Crippen molar-refractivity contribution < 1.29 is 4.79 Å². The molecule has 1 fully saturated rings. The highest BCUT2D eigenvalue weighted by molar-refractivity contribution is 5.78. The van der Waals surface area contributed by atoms with Crippen LogP contribution < -0.4 is 5.32 Å². The number of rotatable bonds is 3. The predicted octanol–water partition coefficient (Wildman–Crippen LogP) is 1.90. The minimum Gasteiger partial charge on any atom is -0.341 e. The van der Waals surface area contributed by atoms with Gasteiger partial charge >= 0.3 is 0 Å². The third kappa shape index (κ3) is 3.58. The molecule has 1 heterocycles. The molecule has 0 spiro atoms. The predicted molar refractivity (Wildman–Crippen MR) is 77.8 cm³/mol. The van der Waals surface area contributed by atoms with E-state index in [9.17, 15) is 4.79 Å². The van der Waals surface area contributed by atoms with Crippen molar-refractivity contribution in [2.24, 2.45) is 5.92 Å². The maximum absolute atomic E-state index is 12.4. The molecule has 2 atom stereocenters. The number of amides is 1. The Morgan fingerprint density at radius 3 is 2.75 bits per heavy atom. The largest absolute Gasteiger partial charge is 0.341 e. The lowest BCUT2D eigenvalue weighted by Gasteiger charge is -2.30. The number of benzene rings is 1.